The summed E-state index contributed by atoms with van der Waals surface area (Å²) in [5.41, 5.74) is 3.38. The van der Waals surface area contributed by atoms with Crippen LogP contribution in [0.3, 0.4) is 0 Å². The number of ketones is 1. The van der Waals surface area contributed by atoms with Gasteiger partial charge in [-0.15, -0.1) is 0 Å². The van der Waals surface area contributed by atoms with Gasteiger partial charge in [-0.05, 0) is 34.9 Å². The molecule has 0 saturated carbocycles. The summed E-state index contributed by atoms with van der Waals surface area (Å²) in [6.07, 6.45) is 2.62. The van der Waals surface area contributed by atoms with E-state index in [1.54, 1.807) is 6.08 Å². The lowest BCUT2D eigenvalue weighted by Crippen LogP contribution is -2.05. The highest BCUT2D eigenvalue weighted by molar-refractivity contribution is 7.86. The van der Waals surface area contributed by atoms with Gasteiger partial charge in [0.25, 0.3) is 0 Å². The summed E-state index contributed by atoms with van der Waals surface area (Å²) in [6, 6.07) is 22.1. The fourth-order valence-corrected chi connectivity index (χ4v) is 3.40. The van der Waals surface area contributed by atoms with Crippen LogP contribution in [-0.2, 0) is 10.1 Å². The average Bonchev–Trinajstić information content (AvgIpc) is 2.97. The zero-order valence-corrected chi connectivity index (χ0v) is 15.8. The Morgan fingerprint density at radius 2 is 1.57 bits per heavy atom. The SMILES string of the molecule is CS(=O)(=O)Oc1ccc2c(c1)OC(=Cc1ccc(-c3ccccc3)cc1)C2=O. The van der Waals surface area contributed by atoms with E-state index >= 15 is 0 Å². The molecule has 28 heavy (non-hydrogen) atoms. The Kier molecular flexibility index (Phi) is 4.49. The molecule has 3 aromatic carbocycles. The first-order valence-electron chi connectivity index (χ1n) is 8.52. The molecule has 0 atom stereocenters. The number of benzene rings is 3. The topological polar surface area (TPSA) is 69.7 Å². The van der Waals surface area contributed by atoms with Gasteiger partial charge in [-0.3, -0.25) is 4.79 Å². The van der Waals surface area contributed by atoms with E-state index in [0.29, 0.717) is 5.56 Å². The molecular formula is C22H16O5S. The summed E-state index contributed by atoms with van der Waals surface area (Å²) in [5, 5.41) is 0. The quantitative estimate of drug-likeness (QED) is 0.489. The second-order valence-electron chi connectivity index (χ2n) is 6.37. The third-order valence-corrected chi connectivity index (χ3v) is 4.70. The molecule has 6 heteroatoms. The Labute approximate surface area is 163 Å². The van der Waals surface area contributed by atoms with E-state index in [1.165, 1.54) is 18.2 Å². The number of allylic oxidation sites excluding steroid dienone is 1. The van der Waals surface area contributed by atoms with Crippen LogP contribution in [0.1, 0.15) is 15.9 Å². The van der Waals surface area contributed by atoms with E-state index in [9.17, 15) is 13.2 Å². The number of carbonyl (C=O) groups is 1. The molecule has 1 aliphatic rings. The lowest BCUT2D eigenvalue weighted by molar-refractivity contribution is 0.101. The molecule has 0 spiro atoms. The second-order valence-corrected chi connectivity index (χ2v) is 7.95. The normalized spacial score (nSPS) is 14.6. The zero-order valence-electron chi connectivity index (χ0n) is 15.0. The van der Waals surface area contributed by atoms with Gasteiger partial charge in [0.15, 0.2) is 5.76 Å². The van der Waals surface area contributed by atoms with Crippen LogP contribution in [0, 0.1) is 0 Å². The van der Waals surface area contributed by atoms with E-state index in [1.807, 2.05) is 54.6 Å². The van der Waals surface area contributed by atoms with Gasteiger partial charge in [-0.2, -0.15) is 8.42 Å². The molecule has 1 heterocycles. The first-order chi connectivity index (χ1) is 13.4. The number of hydrogen-bond acceptors (Lipinski definition) is 5. The fraction of sp³-hybridized carbons (Fsp3) is 0.0455. The summed E-state index contributed by atoms with van der Waals surface area (Å²) in [7, 11) is -3.65. The summed E-state index contributed by atoms with van der Waals surface area (Å²) < 4.78 is 33.0. The van der Waals surface area contributed by atoms with Gasteiger partial charge < -0.3 is 8.92 Å². The fourth-order valence-electron chi connectivity index (χ4n) is 2.95. The summed E-state index contributed by atoms with van der Waals surface area (Å²) in [5.74, 6) is 0.299. The molecular weight excluding hydrogens is 376 g/mol. The van der Waals surface area contributed by atoms with Crippen molar-refractivity contribution in [3.63, 3.8) is 0 Å². The predicted molar refractivity (Wildman–Crippen MR) is 107 cm³/mol. The molecule has 0 amide bonds. The Hall–Kier alpha value is -3.38. The van der Waals surface area contributed by atoms with Crippen molar-refractivity contribution in [2.24, 2.45) is 0 Å². The molecule has 140 valence electrons. The average molecular weight is 392 g/mol. The maximum Gasteiger partial charge on any atom is 0.306 e. The van der Waals surface area contributed by atoms with Crippen molar-refractivity contribution in [3.05, 3.63) is 89.7 Å². The monoisotopic (exact) mass is 392 g/mol. The Morgan fingerprint density at radius 3 is 2.25 bits per heavy atom. The van der Waals surface area contributed by atoms with Gasteiger partial charge in [0.1, 0.15) is 11.5 Å². The molecule has 5 nitrogen and oxygen atoms in total. The Morgan fingerprint density at radius 1 is 0.893 bits per heavy atom. The third kappa shape index (κ3) is 3.82. The van der Waals surface area contributed by atoms with Crippen molar-refractivity contribution in [2.75, 3.05) is 6.26 Å². The lowest BCUT2D eigenvalue weighted by Gasteiger charge is -2.04. The van der Waals surface area contributed by atoms with E-state index in [-0.39, 0.29) is 23.0 Å². The highest BCUT2D eigenvalue weighted by Crippen LogP contribution is 2.35. The molecule has 0 bridgehead atoms. The first-order valence-corrected chi connectivity index (χ1v) is 10.3. The van der Waals surface area contributed by atoms with Crippen LogP contribution in [0.25, 0.3) is 17.2 Å². The van der Waals surface area contributed by atoms with Crippen molar-refractivity contribution in [1.29, 1.82) is 0 Å². The largest absolute Gasteiger partial charge is 0.452 e. The number of ether oxygens (including phenoxy) is 1. The molecule has 4 rings (SSSR count). The minimum absolute atomic E-state index is 0.0996. The Balaban J connectivity index is 1.58. The number of fused-ring (bicyclic) bond motifs is 1. The van der Waals surface area contributed by atoms with Gasteiger partial charge in [0, 0.05) is 6.07 Å². The third-order valence-electron chi connectivity index (χ3n) is 4.20. The van der Waals surface area contributed by atoms with Crippen LogP contribution >= 0.6 is 0 Å². The molecule has 0 N–H and O–H groups in total. The van der Waals surface area contributed by atoms with Crippen LogP contribution < -0.4 is 8.92 Å². The highest BCUT2D eigenvalue weighted by Gasteiger charge is 2.28. The predicted octanol–water partition coefficient (Wildman–Crippen LogP) is 4.31. The minimum Gasteiger partial charge on any atom is -0.452 e. The minimum atomic E-state index is -3.65. The molecule has 0 aliphatic carbocycles. The standard InChI is InChI=1S/C22H16O5S/c1-28(24,25)27-18-11-12-19-20(14-18)26-21(22(19)23)13-15-7-9-17(10-8-15)16-5-3-2-4-6-16/h2-14H,1H3. The van der Waals surface area contributed by atoms with Gasteiger partial charge in [-0.25, -0.2) is 0 Å². The lowest BCUT2D eigenvalue weighted by atomic mass is 10.0. The summed E-state index contributed by atoms with van der Waals surface area (Å²) in [4.78, 5) is 12.5. The van der Waals surface area contributed by atoms with Crippen LogP contribution in [-0.4, -0.2) is 20.5 Å². The Bertz CT molecular complexity index is 1180. The number of rotatable bonds is 4. The molecule has 3 aromatic rings. The summed E-state index contributed by atoms with van der Waals surface area (Å²) >= 11 is 0. The molecule has 0 fully saturated rings. The van der Waals surface area contributed by atoms with Gasteiger partial charge in [-0.1, -0.05) is 54.6 Å². The zero-order chi connectivity index (χ0) is 19.7. The maximum absolute atomic E-state index is 12.5. The van der Waals surface area contributed by atoms with E-state index in [2.05, 4.69) is 0 Å². The van der Waals surface area contributed by atoms with E-state index in [4.69, 9.17) is 8.92 Å². The van der Waals surface area contributed by atoms with Crippen molar-refractivity contribution >= 4 is 22.0 Å². The summed E-state index contributed by atoms with van der Waals surface area (Å²) in [6.45, 7) is 0. The van der Waals surface area contributed by atoms with Gasteiger partial charge in [0.05, 0.1) is 11.8 Å². The number of carbonyl (C=O) groups excluding carboxylic acids is 1. The maximum atomic E-state index is 12.5. The molecule has 0 aromatic heterocycles. The molecule has 0 unspecified atom stereocenters. The first kappa shape index (κ1) is 18.0. The molecule has 1 aliphatic heterocycles. The van der Waals surface area contributed by atoms with Crippen LogP contribution in [0.5, 0.6) is 11.5 Å². The van der Waals surface area contributed by atoms with Crippen LogP contribution in [0.15, 0.2) is 78.6 Å². The second kappa shape index (κ2) is 6.98. The van der Waals surface area contributed by atoms with Crippen molar-refractivity contribution in [2.45, 2.75) is 0 Å². The number of hydrogen-bond donors (Lipinski definition) is 0. The molecule has 0 saturated heterocycles. The van der Waals surface area contributed by atoms with Crippen molar-refractivity contribution in [3.8, 4) is 22.6 Å². The highest BCUT2D eigenvalue weighted by atomic mass is 32.2. The van der Waals surface area contributed by atoms with Crippen LogP contribution in [0.2, 0.25) is 0 Å². The van der Waals surface area contributed by atoms with Gasteiger partial charge >= 0.3 is 10.1 Å². The van der Waals surface area contributed by atoms with Crippen LogP contribution in [0.4, 0.5) is 0 Å². The van der Waals surface area contributed by atoms with Crippen molar-refractivity contribution in [1.82, 2.24) is 0 Å². The van der Waals surface area contributed by atoms with E-state index < -0.39 is 10.1 Å². The van der Waals surface area contributed by atoms with E-state index in [0.717, 1.165) is 22.9 Å². The number of Topliss-reactive ketones (excluding diaryl/α,β-unsaturated/α-hetero) is 1. The smallest absolute Gasteiger partial charge is 0.306 e. The molecule has 0 radical (unpaired) electrons. The van der Waals surface area contributed by atoms with Gasteiger partial charge in [0.2, 0.25) is 5.78 Å². The van der Waals surface area contributed by atoms with Crippen molar-refractivity contribution < 1.29 is 22.1 Å².